The number of sulfone groups is 2. The smallest absolute Gasteiger partial charge is 0.289 e. The topological polar surface area (TPSA) is 114 Å². The van der Waals surface area contributed by atoms with Crippen LogP contribution in [0.1, 0.15) is 24.4 Å². The molecule has 1 amide bonds. The van der Waals surface area contributed by atoms with Crippen LogP contribution in [0.3, 0.4) is 0 Å². The van der Waals surface area contributed by atoms with E-state index in [1.54, 1.807) is 29.2 Å². The summed E-state index contributed by atoms with van der Waals surface area (Å²) in [5, 5.41) is -1.06. The predicted octanol–water partition coefficient (Wildman–Crippen LogP) is 1.46. The molecule has 0 spiro atoms. The average molecular weight is 497 g/mol. The van der Waals surface area contributed by atoms with Gasteiger partial charge in [0.1, 0.15) is 5.75 Å². The number of hydrogen-bond acceptors (Lipinski definition) is 8. The quantitative estimate of drug-likeness (QED) is 0.591. The van der Waals surface area contributed by atoms with Gasteiger partial charge in [0, 0.05) is 32.2 Å². The van der Waals surface area contributed by atoms with Gasteiger partial charge in [0.25, 0.3) is 5.91 Å². The van der Waals surface area contributed by atoms with E-state index in [0.717, 1.165) is 0 Å². The SMILES string of the molecule is CC(C)Oc1ccc(S(=O)(=O)[C@H]2CS(=O)(=O)C[C@@H]2N2CCN(C(=O)c3ccco3)CC2)cc1. The zero-order chi connectivity index (χ0) is 23.8. The summed E-state index contributed by atoms with van der Waals surface area (Å²) in [7, 11) is -7.41. The molecule has 33 heavy (non-hydrogen) atoms. The molecule has 0 saturated carbocycles. The highest BCUT2D eigenvalue weighted by atomic mass is 32.2. The van der Waals surface area contributed by atoms with Crippen molar-refractivity contribution in [3.63, 3.8) is 0 Å². The molecule has 3 heterocycles. The Balaban J connectivity index is 1.50. The molecule has 2 saturated heterocycles. The first kappa shape index (κ1) is 23.8. The molecule has 0 radical (unpaired) electrons. The Hall–Kier alpha value is -2.37. The van der Waals surface area contributed by atoms with Crippen molar-refractivity contribution in [2.45, 2.75) is 36.1 Å². The number of carbonyl (C=O) groups is 1. The van der Waals surface area contributed by atoms with Gasteiger partial charge in [0.2, 0.25) is 0 Å². The molecule has 2 aliphatic heterocycles. The number of carbonyl (C=O) groups excluding carboxylic acids is 1. The lowest BCUT2D eigenvalue weighted by Crippen LogP contribution is -2.55. The summed E-state index contributed by atoms with van der Waals surface area (Å²) in [5.74, 6) is -0.0476. The fourth-order valence-electron chi connectivity index (χ4n) is 4.40. The number of rotatable bonds is 6. The van der Waals surface area contributed by atoms with Crippen molar-refractivity contribution in [2.24, 2.45) is 0 Å². The van der Waals surface area contributed by atoms with E-state index in [1.165, 1.54) is 18.4 Å². The fourth-order valence-corrected chi connectivity index (χ4v) is 9.23. The fraction of sp³-hybridized carbons (Fsp3) is 0.500. The molecule has 9 nitrogen and oxygen atoms in total. The summed E-state index contributed by atoms with van der Waals surface area (Å²) in [6.45, 7) is 5.26. The maximum atomic E-state index is 13.4. The van der Waals surface area contributed by atoms with Crippen LogP contribution < -0.4 is 4.74 Å². The van der Waals surface area contributed by atoms with Crippen LogP contribution in [0.5, 0.6) is 5.75 Å². The molecule has 0 aliphatic carbocycles. The third-order valence-electron chi connectivity index (χ3n) is 6.00. The molecule has 4 rings (SSSR count). The summed E-state index contributed by atoms with van der Waals surface area (Å²) < 4.78 is 62.6. The van der Waals surface area contributed by atoms with Gasteiger partial charge in [-0.05, 0) is 50.2 Å². The second-order valence-electron chi connectivity index (χ2n) is 8.67. The van der Waals surface area contributed by atoms with Gasteiger partial charge < -0.3 is 14.1 Å². The highest BCUT2D eigenvalue weighted by Crippen LogP contribution is 2.30. The van der Waals surface area contributed by atoms with Crippen molar-refractivity contribution >= 4 is 25.6 Å². The minimum absolute atomic E-state index is 0.0462. The van der Waals surface area contributed by atoms with Crippen LogP contribution in [0.2, 0.25) is 0 Å². The minimum Gasteiger partial charge on any atom is -0.491 e. The van der Waals surface area contributed by atoms with E-state index in [0.29, 0.717) is 31.9 Å². The van der Waals surface area contributed by atoms with E-state index in [2.05, 4.69) is 0 Å². The second-order valence-corrected chi connectivity index (χ2v) is 13.0. The summed E-state index contributed by atoms with van der Waals surface area (Å²) in [4.78, 5) is 16.1. The summed E-state index contributed by atoms with van der Waals surface area (Å²) in [6, 6.07) is 8.69. The first-order chi connectivity index (χ1) is 15.6. The lowest BCUT2D eigenvalue weighted by Gasteiger charge is -2.39. The average Bonchev–Trinajstić information content (AvgIpc) is 3.41. The third kappa shape index (κ3) is 5.10. The molecule has 0 bridgehead atoms. The maximum absolute atomic E-state index is 13.4. The van der Waals surface area contributed by atoms with Crippen LogP contribution >= 0.6 is 0 Å². The Bertz CT molecular complexity index is 1180. The van der Waals surface area contributed by atoms with Gasteiger partial charge in [0.15, 0.2) is 25.4 Å². The van der Waals surface area contributed by atoms with Crippen LogP contribution in [0, 0.1) is 0 Å². The molecular weight excluding hydrogens is 468 g/mol. The highest BCUT2D eigenvalue weighted by Gasteiger charge is 2.48. The first-order valence-corrected chi connectivity index (χ1v) is 14.2. The van der Waals surface area contributed by atoms with Crippen molar-refractivity contribution in [1.82, 2.24) is 9.80 Å². The molecule has 180 valence electrons. The Labute approximate surface area is 194 Å². The molecule has 2 aromatic rings. The number of hydrogen-bond donors (Lipinski definition) is 0. The van der Waals surface area contributed by atoms with E-state index in [1.807, 2.05) is 18.7 Å². The van der Waals surface area contributed by atoms with Gasteiger partial charge in [-0.2, -0.15) is 0 Å². The molecule has 11 heteroatoms. The second kappa shape index (κ2) is 9.11. The highest BCUT2D eigenvalue weighted by molar-refractivity contribution is 7.96. The molecular formula is C22H28N2O7S2. The van der Waals surface area contributed by atoms with Crippen molar-refractivity contribution < 1.29 is 30.8 Å². The van der Waals surface area contributed by atoms with Gasteiger partial charge in [0.05, 0.1) is 34.0 Å². The summed E-state index contributed by atoms with van der Waals surface area (Å²) in [6.07, 6.45) is 1.39. The Morgan fingerprint density at radius 3 is 2.30 bits per heavy atom. The molecule has 1 aromatic heterocycles. The molecule has 2 atom stereocenters. The van der Waals surface area contributed by atoms with Crippen LogP contribution in [0.4, 0.5) is 0 Å². The monoisotopic (exact) mass is 496 g/mol. The van der Waals surface area contributed by atoms with Crippen LogP contribution in [0.25, 0.3) is 0 Å². The largest absolute Gasteiger partial charge is 0.491 e. The standard InChI is InChI=1S/C22H28N2O7S2/c1-16(2)31-17-5-7-18(8-6-17)33(28,29)21-15-32(26,27)14-19(21)23-9-11-24(12-10-23)22(25)20-4-3-13-30-20/h3-8,13,16,19,21H,9-12,14-15H2,1-2H3/t19-,21-/m0/s1. The lowest BCUT2D eigenvalue weighted by atomic mass is 10.2. The third-order valence-corrected chi connectivity index (χ3v) is 10.1. The molecule has 1 aromatic carbocycles. The van der Waals surface area contributed by atoms with E-state index in [4.69, 9.17) is 9.15 Å². The number of nitrogens with zero attached hydrogens (tertiary/aromatic N) is 2. The van der Waals surface area contributed by atoms with Crippen LogP contribution in [-0.2, 0) is 19.7 Å². The van der Waals surface area contributed by atoms with E-state index in [-0.39, 0.29) is 28.4 Å². The van der Waals surface area contributed by atoms with Gasteiger partial charge in [-0.1, -0.05) is 0 Å². The molecule has 2 fully saturated rings. The molecule has 0 unspecified atom stereocenters. The Morgan fingerprint density at radius 1 is 1.06 bits per heavy atom. The van der Waals surface area contributed by atoms with Crippen molar-refractivity contribution in [3.8, 4) is 5.75 Å². The van der Waals surface area contributed by atoms with Crippen LogP contribution in [0.15, 0.2) is 52.0 Å². The van der Waals surface area contributed by atoms with Crippen molar-refractivity contribution in [1.29, 1.82) is 0 Å². The normalized spacial score (nSPS) is 23.7. The minimum atomic E-state index is -3.89. The Morgan fingerprint density at radius 2 is 1.73 bits per heavy atom. The van der Waals surface area contributed by atoms with E-state index < -0.39 is 36.7 Å². The maximum Gasteiger partial charge on any atom is 0.289 e. The summed E-state index contributed by atoms with van der Waals surface area (Å²) >= 11 is 0. The zero-order valence-electron chi connectivity index (χ0n) is 18.6. The molecule has 2 aliphatic rings. The van der Waals surface area contributed by atoms with Crippen molar-refractivity contribution in [2.75, 3.05) is 37.7 Å². The first-order valence-electron chi connectivity index (χ1n) is 10.8. The molecule has 0 N–H and O–H groups in total. The Kier molecular flexibility index (Phi) is 6.56. The van der Waals surface area contributed by atoms with Gasteiger partial charge in [-0.15, -0.1) is 0 Å². The number of furan rings is 1. The van der Waals surface area contributed by atoms with Gasteiger partial charge in [-0.25, -0.2) is 16.8 Å². The number of benzene rings is 1. The number of piperazine rings is 1. The lowest BCUT2D eigenvalue weighted by molar-refractivity contribution is 0.0560. The number of ether oxygens (including phenoxy) is 1. The summed E-state index contributed by atoms with van der Waals surface area (Å²) in [5.41, 5.74) is 0. The predicted molar refractivity (Wildman–Crippen MR) is 122 cm³/mol. The van der Waals surface area contributed by atoms with Crippen LogP contribution in [-0.4, -0.2) is 87.6 Å². The van der Waals surface area contributed by atoms with Gasteiger partial charge in [-0.3, -0.25) is 9.69 Å². The van der Waals surface area contributed by atoms with E-state index in [9.17, 15) is 21.6 Å². The van der Waals surface area contributed by atoms with Crippen molar-refractivity contribution in [3.05, 3.63) is 48.4 Å². The zero-order valence-corrected chi connectivity index (χ0v) is 20.2. The van der Waals surface area contributed by atoms with Gasteiger partial charge >= 0.3 is 0 Å². The van der Waals surface area contributed by atoms with E-state index >= 15 is 0 Å². The number of amides is 1.